The molecule has 0 aliphatic heterocycles. The van der Waals surface area contributed by atoms with Gasteiger partial charge in [-0.3, -0.25) is 0 Å². The number of nitrogens with zero attached hydrogens (tertiary/aromatic N) is 1. The third-order valence-corrected chi connectivity index (χ3v) is 4.24. The van der Waals surface area contributed by atoms with Crippen LogP contribution in [0.4, 0.5) is 0 Å². The van der Waals surface area contributed by atoms with E-state index < -0.39 is 6.10 Å². The highest BCUT2D eigenvalue weighted by Crippen LogP contribution is 2.17. The summed E-state index contributed by atoms with van der Waals surface area (Å²) >= 11 is 5.88. The lowest BCUT2D eigenvalue weighted by Crippen LogP contribution is -2.28. The van der Waals surface area contributed by atoms with E-state index in [-0.39, 0.29) is 0 Å². The van der Waals surface area contributed by atoms with Gasteiger partial charge in [-0.1, -0.05) is 74.0 Å². The standard InChI is InChI=1S/C20H24ClNO/c1-3-22(4-2)15-20(23)18-11-7-16(8-12-18)5-6-17-9-13-19(21)14-10-17/h5-14,20,23H,3-4,15H2,1-2H3. The molecule has 0 saturated carbocycles. The van der Waals surface area contributed by atoms with Crippen molar-refractivity contribution in [1.82, 2.24) is 4.90 Å². The van der Waals surface area contributed by atoms with Crippen LogP contribution in [0, 0.1) is 0 Å². The SMILES string of the molecule is CCN(CC)CC(O)c1ccc(C=Cc2ccc(Cl)cc2)cc1. The molecule has 2 aromatic rings. The fraction of sp³-hybridized carbons (Fsp3) is 0.300. The lowest BCUT2D eigenvalue weighted by Gasteiger charge is -2.22. The molecular weight excluding hydrogens is 306 g/mol. The van der Waals surface area contributed by atoms with Gasteiger partial charge >= 0.3 is 0 Å². The Morgan fingerprint density at radius 1 is 0.913 bits per heavy atom. The average molecular weight is 330 g/mol. The van der Waals surface area contributed by atoms with Crippen molar-refractivity contribution in [1.29, 1.82) is 0 Å². The molecule has 3 heteroatoms. The molecule has 23 heavy (non-hydrogen) atoms. The largest absolute Gasteiger partial charge is 0.387 e. The van der Waals surface area contributed by atoms with Crippen LogP contribution in [0.2, 0.25) is 5.02 Å². The van der Waals surface area contributed by atoms with Crippen molar-refractivity contribution in [3.63, 3.8) is 0 Å². The molecule has 0 aliphatic rings. The summed E-state index contributed by atoms with van der Waals surface area (Å²) in [6, 6.07) is 15.8. The summed E-state index contributed by atoms with van der Waals surface area (Å²) < 4.78 is 0. The van der Waals surface area contributed by atoms with Crippen molar-refractivity contribution in [3.05, 3.63) is 70.2 Å². The van der Waals surface area contributed by atoms with Gasteiger partial charge in [0, 0.05) is 11.6 Å². The van der Waals surface area contributed by atoms with E-state index >= 15 is 0 Å². The summed E-state index contributed by atoms with van der Waals surface area (Å²) in [6.07, 6.45) is 3.67. The monoisotopic (exact) mass is 329 g/mol. The highest BCUT2D eigenvalue weighted by Gasteiger charge is 2.10. The van der Waals surface area contributed by atoms with Crippen LogP contribution >= 0.6 is 11.6 Å². The minimum atomic E-state index is -0.441. The van der Waals surface area contributed by atoms with Crippen LogP contribution < -0.4 is 0 Å². The lowest BCUT2D eigenvalue weighted by molar-refractivity contribution is 0.119. The van der Waals surface area contributed by atoms with Gasteiger partial charge in [0.05, 0.1) is 6.10 Å². The molecule has 0 heterocycles. The maximum absolute atomic E-state index is 10.3. The fourth-order valence-corrected chi connectivity index (χ4v) is 2.55. The minimum Gasteiger partial charge on any atom is -0.387 e. The van der Waals surface area contributed by atoms with Gasteiger partial charge in [-0.15, -0.1) is 0 Å². The van der Waals surface area contributed by atoms with Crippen LogP contribution in [-0.4, -0.2) is 29.6 Å². The van der Waals surface area contributed by atoms with Gasteiger partial charge < -0.3 is 10.0 Å². The van der Waals surface area contributed by atoms with Crippen molar-refractivity contribution < 1.29 is 5.11 Å². The molecule has 0 saturated heterocycles. The van der Waals surface area contributed by atoms with Crippen LogP contribution in [0.1, 0.15) is 36.6 Å². The van der Waals surface area contributed by atoms with Crippen molar-refractivity contribution in [3.8, 4) is 0 Å². The maximum Gasteiger partial charge on any atom is 0.0916 e. The minimum absolute atomic E-state index is 0.441. The highest BCUT2D eigenvalue weighted by atomic mass is 35.5. The summed E-state index contributed by atoms with van der Waals surface area (Å²) in [5, 5.41) is 11.0. The molecule has 1 unspecified atom stereocenters. The Hall–Kier alpha value is -1.61. The first-order chi connectivity index (χ1) is 11.1. The van der Waals surface area contributed by atoms with Gasteiger partial charge in [0.1, 0.15) is 0 Å². The number of aliphatic hydroxyl groups excluding tert-OH is 1. The molecule has 0 bridgehead atoms. The number of hydrogen-bond acceptors (Lipinski definition) is 2. The second-order valence-corrected chi connectivity index (χ2v) is 5.99. The second kappa shape index (κ2) is 8.88. The highest BCUT2D eigenvalue weighted by molar-refractivity contribution is 6.30. The zero-order chi connectivity index (χ0) is 16.7. The van der Waals surface area contributed by atoms with Gasteiger partial charge in [-0.05, 0) is 41.9 Å². The van der Waals surface area contributed by atoms with E-state index in [1.807, 2.05) is 48.5 Å². The van der Waals surface area contributed by atoms with Gasteiger partial charge in [-0.25, -0.2) is 0 Å². The van der Waals surface area contributed by atoms with E-state index in [1.165, 1.54) is 0 Å². The Kier molecular flexibility index (Phi) is 6.85. The summed E-state index contributed by atoms with van der Waals surface area (Å²) in [4.78, 5) is 2.22. The van der Waals surface area contributed by atoms with Crippen LogP contribution in [-0.2, 0) is 0 Å². The van der Waals surface area contributed by atoms with E-state index in [2.05, 4.69) is 30.9 Å². The molecule has 122 valence electrons. The third kappa shape index (κ3) is 5.51. The first kappa shape index (κ1) is 17.7. The summed E-state index contributed by atoms with van der Waals surface area (Å²) in [7, 11) is 0. The normalized spacial score (nSPS) is 12.9. The van der Waals surface area contributed by atoms with Crippen LogP contribution in [0.15, 0.2) is 48.5 Å². The van der Waals surface area contributed by atoms with Crippen LogP contribution in [0.5, 0.6) is 0 Å². The van der Waals surface area contributed by atoms with E-state index in [0.717, 1.165) is 34.8 Å². The van der Waals surface area contributed by atoms with Crippen LogP contribution in [0.3, 0.4) is 0 Å². The Bertz CT molecular complexity index is 615. The molecule has 0 fully saturated rings. The summed E-state index contributed by atoms with van der Waals surface area (Å²) in [5.74, 6) is 0. The molecule has 2 rings (SSSR count). The number of hydrogen-bond donors (Lipinski definition) is 1. The predicted molar refractivity (Wildman–Crippen MR) is 99.6 cm³/mol. The molecule has 2 aromatic carbocycles. The lowest BCUT2D eigenvalue weighted by atomic mass is 10.1. The van der Waals surface area contributed by atoms with Crippen molar-refractivity contribution >= 4 is 23.8 Å². The molecule has 0 aromatic heterocycles. The summed E-state index contributed by atoms with van der Waals surface area (Å²) in [6.45, 7) is 6.81. The molecular formula is C20H24ClNO. The van der Waals surface area contributed by atoms with Crippen molar-refractivity contribution in [2.75, 3.05) is 19.6 Å². The Morgan fingerprint density at radius 3 is 1.87 bits per heavy atom. The quantitative estimate of drug-likeness (QED) is 0.731. The maximum atomic E-state index is 10.3. The fourth-order valence-electron chi connectivity index (χ4n) is 2.43. The van der Waals surface area contributed by atoms with Gasteiger partial charge in [0.25, 0.3) is 0 Å². The van der Waals surface area contributed by atoms with E-state index in [1.54, 1.807) is 0 Å². The van der Waals surface area contributed by atoms with Gasteiger partial charge in [-0.2, -0.15) is 0 Å². The zero-order valence-electron chi connectivity index (χ0n) is 13.7. The predicted octanol–water partition coefficient (Wildman–Crippen LogP) is 4.89. The number of aliphatic hydroxyl groups is 1. The smallest absolute Gasteiger partial charge is 0.0916 e. The number of likely N-dealkylation sites (N-methyl/N-ethyl adjacent to an activating group) is 1. The zero-order valence-corrected chi connectivity index (χ0v) is 14.5. The molecule has 1 N–H and O–H groups in total. The Balaban J connectivity index is 2.00. The van der Waals surface area contributed by atoms with E-state index in [4.69, 9.17) is 11.6 Å². The Labute approximate surface area is 144 Å². The number of benzene rings is 2. The first-order valence-electron chi connectivity index (χ1n) is 8.06. The molecule has 0 amide bonds. The number of halogens is 1. The van der Waals surface area contributed by atoms with Gasteiger partial charge in [0.15, 0.2) is 0 Å². The van der Waals surface area contributed by atoms with Crippen molar-refractivity contribution in [2.45, 2.75) is 20.0 Å². The molecule has 0 radical (unpaired) electrons. The first-order valence-corrected chi connectivity index (χ1v) is 8.44. The molecule has 0 spiro atoms. The Morgan fingerprint density at radius 2 is 1.39 bits per heavy atom. The molecule has 0 aliphatic carbocycles. The molecule has 2 nitrogen and oxygen atoms in total. The number of rotatable bonds is 7. The third-order valence-electron chi connectivity index (χ3n) is 3.99. The molecule has 1 atom stereocenters. The second-order valence-electron chi connectivity index (χ2n) is 5.55. The van der Waals surface area contributed by atoms with E-state index in [0.29, 0.717) is 6.54 Å². The summed E-state index contributed by atoms with van der Waals surface area (Å²) in [5.41, 5.74) is 3.18. The van der Waals surface area contributed by atoms with Crippen molar-refractivity contribution in [2.24, 2.45) is 0 Å². The average Bonchev–Trinajstić information content (AvgIpc) is 2.59. The topological polar surface area (TPSA) is 23.5 Å². The van der Waals surface area contributed by atoms with E-state index in [9.17, 15) is 5.11 Å². The van der Waals surface area contributed by atoms with Gasteiger partial charge in [0.2, 0.25) is 0 Å². The van der Waals surface area contributed by atoms with Crippen LogP contribution in [0.25, 0.3) is 12.2 Å².